The fourth-order valence-corrected chi connectivity index (χ4v) is 3.87. The van der Waals surface area contributed by atoms with Gasteiger partial charge in [0, 0.05) is 19.6 Å². The molecule has 0 atom stereocenters. The van der Waals surface area contributed by atoms with Crippen LogP contribution in [-0.4, -0.2) is 54.5 Å². The minimum absolute atomic E-state index is 0.203. The molecule has 0 radical (unpaired) electrons. The van der Waals surface area contributed by atoms with Crippen LogP contribution in [0.3, 0.4) is 0 Å². The van der Waals surface area contributed by atoms with E-state index in [4.69, 9.17) is 19.9 Å². The van der Waals surface area contributed by atoms with Crippen LogP contribution < -0.4 is 21.1 Å². The molecule has 3 aromatic carbocycles. The van der Waals surface area contributed by atoms with Gasteiger partial charge >= 0.3 is 6.01 Å². The summed E-state index contributed by atoms with van der Waals surface area (Å²) in [4.78, 5) is 13.5. The van der Waals surface area contributed by atoms with Crippen molar-refractivity contribution in [2.45, 2.75) is 19.4 Å². The molecule has 0 unspecified atom stereocenters. The van der Waals surface area contributed by atoms with Crippen LogP contribution in [0.25, 0.3) is 0 Å². The zero-order chi connectivity index (χ0) is 27.0. The molecule has 0 bridgehead atoms. The van der Waals surface area contributed by atoms with E-state index in [-0.39, 0.29) is 6.01 Å². The highest BCUT2D eigenvalue weighted by atomic mass is 16.5. The molecule has 0 saturated carbocycles. The van der Waals surface area contributed by atoms with E-state index in [0.717, 1.165) is 12.8 Å². The SMILES string of the molecule is NCCOCCOCCNc1nc(NCc2ccccc2CCc2ccccc2)nc(Oc2ccccc2)n1. The van der Waals surface area contributed by atoms with E-state index in [0.29, 0.717) is 63.7 Å². The molecule has 0 spiro atoms. The van der Waals surface area contributed by atoms with Crippen molar-refractivity contribution in [2.75, 3.05) is 50.2 Å². The molecule has 0 aliphatic carbocycles. The number of hydrogen-bond acceptors (Lipinski definition) is 9. The summed E-state index contributed by atoms with van der Waals surface area (Å²) in [6.45, 7) is 3.62. The second-order valence-corrected chi connectivity index (χ2v) is 8.73. The number of ether oxygens (including phenoxy) is 3. The predicted octanol–water partition coefficient (Wildman–Crippen LogP) is 4.47. The number of hydrogen-bond donors (Lipinski definition) is 3. The van der Waals surface area contributed by atoms with Crippen molar-refractivity contribution in [2.24, 2.45) is 5.73 Å². The number of aromatic nitrogens is 3. The molecule has 204 valence electrons. The lowest BCUT2D eigenvalue weighted by Gasteiger charge is -2.13. The molecule has 1 heterocycles. The van der Waals surface area contributed by atoms with Crippen LogP contribution in [-0.2, 0) is 28.9 Å². The number of anilines is 2. The highest BCUT2D eigenvalue weighted by molar-refractivity contribution is 5.39. The lowest BCUT2D eigenvalue weighted by atomic mass is 10.00. The lowest BCUT2D eigenvalue weighted by molar-refractivity contribution is 0.0547. The first-order valence-corrected chi connectivity index (χ1v) is 13.2. The molecule has 39 heavy (non-hydrogen) atoms. The van der Waals surface area contributed by atoms with Crippen molar-refractivity contribution in [1.82, 2.24) is 15.0 Å². The number of rotatable bonds is 17. The van der Waals surface area contributed by atoms with E-state index in [2.05, 4.69) is 74.1 Å². The van der Waals surface area contributed by atoms with Gasteiger partial charge in [-0.15, -0.1) is 0 Å². The van der Waals surface area contributed by atoms with Gasteiger partial charge in [-0.1, -0.05) is 72.8 Å². The molecule has 0 fully saturated rings. The van der Waals surface area contributed by atoms with Crippen LogP contribution in [0.15, 0.2) is 84.9 Å². The van der Waals surface area contributed by atoms with Gasteiger partial charge in [0.05, 0.1) is 26.4 Å². The van der Waals surface area contributed by atoms with Gasteiger partial charge in [0.1, 0.15) is 5.75 Å². The van der Waals surface area contributed by atoms with Crippen molar-refractivity contribution < 1.29 is 14.2 Å². The first-order valence-electron chi connectivity index (χ1n) is 13.2. The second-order valence-electron chi connectivity index (χ2n) is 8.73. The summed E-state index contributed by atoms with van der Waals surface area (Å²) >= 11 is 0. The summed E-state index contributed by atoms with van der Waals surface area (Å²) in [7, 11) is 0. The summed E-state index contributed by atoms with van der Waals surface area (Å²) < 4.78 is 16.8. The van der Waals surface area contributed by atoms with E-state index in [1.807, 2.05) is 36.4 Å². The number of nitrogens with one attached hydrogen (secondary N) is 2. The quantitative estimate of drug-likeness (QED) is 0.171. The fourth-order valence-electron chi connectivity index (χ4n) is 3.87. The van der Waals surface area contributed by atoms with Crippen LogP contribution in [0.1, 0.15) is 16.7 Å². The van der Waals surface area contributed by atoms with Crippen molar-refractivity contribution in [1.29, 1.82) is 0 Å². The lowest BCUT2D eigenvalue weighted by Crippen LogP contribution is -2.16. The van der Waals surface area contributed by atoms with Gasteiger partial charge in [0.25, 0.3) is 0 Å². The van der Waals surface area contributed by atoms with Crippen molar-refractivity contribution in [3.05, 3.63) is 102 Å². The minimum Gasteiger partial charge on any atom is -0.424 e. The molecule has 4 aromatic rings. The number of aryl methyl sites for hydroxylation is 2. The number of benzene rings is 3. The Hall–Kier alpha value is -4.05. The maximum Gasteiger partial charge on any atom is 0.328 e. The Kier molecular flexibility index (Phi) is 11.5. The van der Waals surface area contributed by atoms with Crippen LogP contribution in [0.5, 0.6) is 11.8 Å². The van der Waals surface area contributed by atoms with Gasteiger partial charge in [0.15, 0.2) is 0 Å². The third-order valence-corrected chi connectivity index (χ3v) is 5.81. The smallest absolute Gasteiger partial charge is 0.328 e. The summed E-state index contributed by atoms with van der Waals surface area (Å²) in [6, 6.07) is 28.6. The van der Waals surface area contributed by atoms with Gasteiger partial charge in [-0.05, 0) is 41.7 Å². The van der Waals surface area contributed by atoms with Crippen molar-refractivity contribution in [3.8, 4) is 11.8 Å². The van der Waals surface area contributed by atoms with Gasteiger partial charge in [-0.3, -0.25) is 0 Å². The summed E-state index contributed by atoms with van der Waals surface area (Å²) in [6.07, 6.45) is 1.93. The molecule has 1 aromatic heterocycles. The zero-order valence-electron chi connectivity index (χ0n) is 22.1. The summed E-state index contributed by atoms with van der Waals surface area (Å²) in [5.41, 5.74) is 9.22. The summed E-state index contributed by atoms with van der Waals surface area (Å²) in [5.74, 6) is 1.47. The highest BCUT2D eigenvalue weighted by Gasteiger charge is 2.10. The highest BCUT2D eigenvalue weighted by Crippen LogP contribution is 2.20. The second kappa shape index (κ2) is 16.0. The Labute approximate surface area is 229 Å². The monoisotopic (exact) mass is 528 g/mol. The summed E-state index contributed by atoms with van der Waals surface area (Å²) in [5, 5.41) is 6.55. The third-order valence-electron chi connectivity index (χ3n) is 5.81. The molecular weight excluding hydrogens is 492 g/mol. The Balaban J connectivity index is 1.38. The Morgan fingerprint density at radius 3 is 2.00 bits per heavy atom. The number of para-hydroxylation sites is 1. The van der Waals surface area contributed by atoms with E-state index in [1.54, 1.807) is 0 Å². The number of nitrogens with two attached hydrogens (primary N) is 1. The largest absolute Gasteiger partial charge is 0.424 e. The zero-order valence-corrected chi connectivity index (χ0v) is 22.1. The average Bonchev–Trinajstić information content (AvgIpc) is 2.98. The number of nitrogens with zero attached hydrogens (tertiary/aromatic N) is 3. The molecular formula is C30H36N6O3. The average molecular weight is 529 g/mol. The third kappa shape index (κ3) is 9.97. The first kappa shape index (κ1) is 28.0. The van der Waals surface area contributed by atoms with Gasteiger partial charge in [0.2, 0.25) is 11.9 Å². The Morgan fingerprint density at radius 1 is 0.615 bits per heavy atom. The van der Waals surface area contributed by atoms with E-state index < -0.39 is 0 Å². The first-order chi connectivity index (χ1) is 19.3. The molecule has 0 saturated heterocycles. The molecule has 0 aliphatic rings. The predicted molar refractivity (Wildman–Crippen MR) is 153 cm³/mol. The van der Waals surface area contributed by atoms with E-state index in [9.17, 15) is 0 Å². The van der Waals surface area contributed by atoms with Crippen LogP contribution in [0, 0.1) is 0 Å². The molecule has 0 amide bonds. The maximum atomic E-state index is 5.91. The molecule has 0 aliphatic heterocycles. The fraction of sp³-hybridized carbons (Fsp3) is 0.300. The van der Waals surface area contributed by atoms with Gasteiger partial charge < -0.3 is 30.6 Å². The van der Waals surface area contributed by atoms with Crippen LogP contribution in [0.4, 0.5) is 11.9 Å². The van der Waals surface area contributed by atoms with Gasteiger partial charge in [-0.25, -0.2) is 0 Å². The van der Waals surface area contributed by atoms with E-state index in [1.165, 1.54) is 16.7 Å². The molecule has 4 rings (SSSR count). The Bertz CT molecular complexity index is 1240. The maximum absolute atomic E-state index is 5.91. The normalized spacial score (nSPS) is 10.8. The Morgan fingerprint density at radius 2 is 1.26 bits per heavy atom. The minimum atomic E-state index is 0.203. The molecule has 4 N–H and O–H groups in total. The molecule has 9 nitrogen and oxygen atoms in total. The van der Waals surface area contributed by atoms with Gasteiger partial charge in [-0.2, -0.15) is 15.0 Å². The molecule has 9 heteroatoms. The topological polar surface area (TPSA) is 116 Å². The van der Waals surface area contributed by atoms with E-state index >= 15 is 0 Å². The van der Waals surface area contributed by atoms with Crippen molar-refractivity contribution in [3.63, 3.8) is 0 Å². The van der Waals surface area contributed by atoms with Crippen molar-refractivity contribution >= 4 is 11.9 Å². The van der Waals surface area contributed by atoms with Crippen LogP contribution in [0.2, 0.25) is 0 Å². The van der Waals surface area contributed by atoms with Crippen LogP contribution >= 0.6 is 0 Å². The standard InChI is InChI=1S/C30H36N6O3/c31-17-19-37-21-22-38-20-18-32-28-34-29(36-30(35-28)39-27-13-5-2-6-14-27)33-23-26-12-8-7-11-25(26)16-15-24-9-3-1-4-10-24/h1-14H,15-23,31H2,(H2,32,33,34,35,36).